The smallest absolute Gasteiger partial charge is 0.412 e. The lowest BCUT2D eigenvalue weighted by Gasteiger charge is -2.15. The summed E-state index contributed by atoms with van der Waals surface area (Å²) in [4.78, 5) is 24.0. The van der Waals surface area contributed by atoms with Crippen LogP contribution in [0.2, 0.25) is 5.02 Å². The number of esters is 1. The molecule has 1 atom stereocenters. The van der Waals surface area contributed by atoms with Crippen LogP contribution < -0.4 is 10.1 Å². The average Bonchev–Trinajstić information content (AvgIpc) is 3.28. The number of hydrogen-bond acceptors (Lipinski definition) is 7. The molecule has 0 aliphatic rings. The summed E-state index contributed by atoms with van der Waals surface area (Å²) in [5, 5.41) is 7.39. The van der Waals surface area contributed by atoms with Crippen molar-refractivity contribution in [2.24, 2.45) is 0 Å². The molecule has 0 bridgehead atoms. The van der Waals surface area contributed by atoms with Gasteiger partial charge < -0.3 is 18.7 Å². The van der Waals surface area contributed by atoms with Crippen molar-refractivity contribution in [1.29, 1.82) is 0 Å². The number of benzene rings is 3. The number of carbonyl (C=O) groups is 2. The van der Waals surface area contributed by atoms with Gasteiger partial charge in [0, 0.05) is 16.1 Å². The van der Waals surface area contributed by atoms with Crippen LogP contribution in [-0.4, -0.2) is 24.3 Å². The van der Waals surface area contributed by atoms with Gasteiger partial charge >= 0.3 is 12.1 Å². The minimum atomic E-state index is -0.646. The van der Waals surface area contributed by atoms with Crippen molar-refractivity contribution in [1.82, 2.24) is 5.16 Å². The van der Waals surface area contributed by atoms with Gasteiger partial charge in [-0.05, 0) is 43.2 Å². The first-order chi connectivity index (χ1) is 18.3. The Labute approximate surface area is 225 Å². The lowest BCUT2D eigenvalue weighted by Crippen LogP contribution is -2.17. The van der Waals surface area contributed by atoms with E-state index in [4.69, 9.17) is 25.6 Å². The van der Waals surface area contributed by atoms with Gasteiger partial charge in [0.05, 0.1) is 13.5 Å². The summed E-state index contributed by atoms with van der Waals surface area (Å²) in [7, 11) is 1.37. The third-order valence-electron chi connectivity index (χ3n) is 5.85. The molecule has 4 rings (SSSR count). The van der Waals surface area contributed by atoms with E-state index in [1.54, 1.807) is 19.9 Å². The molecule has 0 saturated heterocycles. The minimum absolute atomic E-state index is 0.217. The fraction of sp³-hybridized carbons (Fsp3) is 0.207. The predicted molar refractivity (Wildman–Crippen MR) is 143 cm³/mol. The number of nitrogens with one attached hydrogen (secondary N) is 1. The van der Waals surface area contributed by atoms with Crippen LogP contribution in [-0.2, 0) is 27.3 Å². The zero-order chi connectivity index (χ0) is 27.1. The second-order valence-electron chi connectivity index (χ2n) is 8.54. The fourth-order valence-corrected chi connectivity index (χ4v) is 4.03. The van der Waals surface area contributed by atoms with E-state index in [1.807, 2.05) is 66.7 Å². The number of methoxy groups -OCH3 is 1. The Hall–Kier alpha value is -4.30. The van der Waals surface area contributed by atoms with Crippen molar-refractivity contribution in [3.05, 3.63) is 100 Å². The molecule has 4 aromatic rings. The molecule has 38 heavy (non-hydrogen) atoms. The van der Waals surface area contributed by atoms with E-state index in [0.717, 1.165) is 16.7 Å². The summed E-state index contributed by atoms with van der Waals surface area (Å²) in [5.74, 6) is 0.846. The van der Waals surface area contributed by atoms with Crippen LogP contribution >= 0.6 is 11.6 Å². The minimum Gasteiger partial charge on any atom is -0.489 e. The first-order valence-electron chi connectivity index (χ1n) is 11.9. The lowest BCUT2D eigenvalue weighted by atomic mass is 10.1. The third kappa shape index (κ3) is 6.72. The highest BCUT2D eigenvalue weighted by molar-refractivity contribution is 6.31. The molecule has 1 N–H and O–H groups in total. The van der Waals surface area contributed by atoms with Crippen molar-refractivity contribution in [3.8, 4) is 17.0 Å². The average molecular weight is 535 g/mol. The van der Waals surface area contributed by atoms with Crippen molar-refractivity contribution in [3.63, 3.8) is 0 Å². The first-order valence-corrected chi connectivity index (χ1v) is 12.3. The molecule has 0 spiro atoms. The summed E-state index contributed by atoms with van der Waals surface area (Å²) < 4.78 is 21.4. The van der Waals surface area contributed by atoms with Crippen LogP contribution in [0.5, 0.6) is 5.75 Å². The standard InChI is InChI=1S/C29H27ClN2O6/c1-18(24-6-4-5-7-25(24)30)37-29(34)31-27-19(2)38-32-28(27)22-12-8-21(9-13-22)17-36-23-14-10-20(11-15-23)16-26(33)35-3/h4-15,18H,16-17H2,1-3H3,(H,31,34). The topological polar surface area (TPSA) is 99.9 Å². The molecule has 196 valence electrons. The summed E-state index contributed by atoms with van der Waals surface area (Å²) in [6.07, 6.45) is -0.974. The Morgan fingerprint density at radius 3 is 2.37 bits per heavy atom. The van der Waals surface area contributed by atoms with Crippen molar-refractivity contribution < 1.29 is 28.3 Å². The Balaban J connectivity index is 1.37. The maximum Gasteiger partial charge on any atom is 0.412 e. The van der Waals surface area contributed by atoms with Gasteiger partial charge in [0.2, 0.25) is 0 Å². The second-order valence-corrected chi connectivity index (χ2v) is 8.95. The molecule has 1 amide bonds. The van der Waals surface area contributed by atoms with Crippen LogP contribution in [0.25, 0.3) is 11.3 Å². The molecule has 0 radical (unpaired) electrons. The molecule has 9 heteroatoms. The molecule has 3 aromatic carbocycles. The SMILES string of the molecule is COC(=O)Cc1ccc(OCc2ccc(-c3noc(C)c3NC(=O)OC(C)c3ccccc3Cl)cc2)cc1. The number of ether oxygens (including phenoxy) is 3. The van der Waals surface area contributed by atoms with Crippen molar-refractivity contribution in [2.75, 3.05) is 12.4 Å². The third-order valence-corrected chi connectivity index (χ3v) is 6.19. The van der Waals surface area contributed by atoms with E-state index >= 15 is 0 Å². The maximum atomic E-state index is 12.6. The molecular formula is C29H27ClN2O6. The molecule has 1 unspecified atom stereocenters. The maximum absolute atomic E-state index is 12.6. The van der Waals surface area contributed by atoms with Gasteiger partial charge in [-0.25, -0.2) is 4.79 Å². The van der Waals surface area contributed by atoms with Crippen LogP contribution in [0, 0.1) is 6.92 Å². The highest BCUT2D eigenvalue weighted by Crippen LogP contribution is 2.31. The Morgan fingerprint density at radius 2 is 1.68 bits per heavy atom. The highest BCUT2D eigenvalue weighted by atomic mass is 35.5. The summed E-state index contributed by atoms with van der Waals surface area (Å²) in [6.45, 7) is 3.81. The fourth-order valence-electron chi connectivity index (χ4n) is 3.74. The van der Waals surface area contributed by atoms with Crippen LogP contribution in [0.4, 0.5) is 10.5 Å². The monoisotopic (exact) mass is 534 g/mol. The van der Waals surface area contributed by atoms with Gasteiger partial charge in [-0.1, -0.05) is 71.4 Å². The van der Waals surface area contributed by atoms with E-state index in [-0.39, 0.29) is 12.4 Å². The van der Waals surface area contributed by atoms with E-state index in [9.17, 15) is 9.59 Å². The Kier molecular flexibility index (Phi) is 8.66. The number of aromatic nitrogens is 1. The second kappa shape index (κ2) is 12.3. The molecule has 8 nitrogen and oxygen atoms in total. The van der Waals surface area contributed by atoms with E-state index in [1.165, 1.54) is 7.11 Å². The van der Waals surface area contributed by atoms with Crippen LogP contribution in [0.3, 0.4) is 0 Å². The number of aryl methyl sites for hydroxylation is 1. The predicted octanol–water partition coefficient (Wildman–Crippen LogP) is 6.91. The Bertz CT molecular complexity index is 1400. The molecule has 0 fully saturated rings. The van der Waals surface area contributed by atoms with Gasteiger partial charge in [-0.2, -0.15) is 0 Å². The largest absolute Gasteiger partial charge is 0.489 e. The molecule has 0 saturated carbocycles. The van der Waals surface area contributed by atoms with Gasteiger partial charge in [0.15, 0.2) is 5.76 Å². The summed E-state index contributed by atoms with van der Waals surface area (Å²) in [6, 6.07) is 22.1. The van der Waals surface area contributed by atoms with Gasteiger partial charge in [-0.3, -0.25) is 10.1 Å². The van der Waals surface area contributed by atoms with E-state index in [0.29, 0.717) is 40.1 Å². The molecular weight excluding hydrogens is 508 g/mol. The van der Waals surface area contributed by atoms with Crippen molar-refractivity contribution in [2.45, 2.75) is 33.0 Å². The van der Waals surface area contributed by atoms with Gasteiger partial charge in [-0.15, -0.1) is 0 Å². The number of anilines is 1. The van der Waals surface area contributed by atoms with Gasteiger partial charge in [0.1, 0.15) is 29.8 Å². The number of amides is 1. The van der Waals surface area contributed by atoms with Crippen LogP contribution in [0.1, 0.15) is 35.5 Å². The quantitative estimate of drug-likeness (QED) is 0.233. The lowest BCUT2D eigenvalue weighted by molar-refractivity contribution is -0.139. The molecule has 0 aliphatic heterocycles. The Morgan fingerprint density at radius 1 is 1.00 bits per heavy atom. The van der Waals surface area contributed by atoms with Gasteiger partial charge in [0.25, 0.3) is 0 Å². The number of hydrogen-bond donors (Lipinski definition) is 1. The van der Waals surface area contributed by atoms with E-state index < -0.39 is 12.2 Å². The van der Waals surface area contributed by atoms with E-state index in [2.05, 4.69) is 15.2 Å². The zero-order valence-electron chi connectivity index (χ0n) is 21.2. The number of halogens is 1. The molecule has 0 aliphatic carbocycles. The van der Waals surface area contributed by atoms with Crippen LogP contribution in [0.15, 0.2) is 77.3 Å². The molecule has 1 aromatic heterocycles. The first kappa shape index (κ1) is 26.8. The normalized spacial score (nSPS) is 11.5. The number of rotatable bonds is 9. The summed E-state index contributed by atoms with van der Waals surface area (Å²) in [5.41, 5.74) is 4.17. The number of carbonyl (C=O) groups excluding carboxylic acids is 2. The number of nitrogens with zero attached hydrogens (tertiary/aromatic N) is 1. The summed E-state index contributed by atoms with van der Waals surface area (Å²) >= 11 is 6.21. The molecule has 1 heterocycles. The van der Waals surface area contributed by atoms with Crippen molar-refractivity contribution >= 4 is 29.4 Å². The highest BCUT2D eigenvalue weighted by Gasteiger charge is 2.20. The zero-order valence-corrected chi connectivity index (χ0v) is 22.0.